The lowest BCUT2D eigenvalue weighted by molar-refractivity contribution is -0.145. The lowest BCUT2D eigenvalue weighted by Crippen LogP contribution is -2.33. The van der Waals surface area contributed by atoms with Crippen LogP contribution < -0.4 is 14.4 Å². The molecule has 41 heavy (non-hydrogen) atoms. The summed E-state index contributed by atoms with van der Waals surface area (Å²) in [6, 6.07) is 11.2. The van der Waals surface area contributed by atoms with Crippen molar-refractivity contribution < 1.29 is 24.2 Å². The summed E-state index contributed by atoms with van der Waals surface area (Å²) in [4.78, 5) is 41.0. The largest absolute Gasteiger partial charge is 0.481 e. The van der Waals surface area contributed by atoms with Gasteiger partial charge in [-0.2, -0.15) is 0 Å². The monoisotopic (exact) mass is 560 g/mol. The average Bonchev–Trinajstić information content (AvgIpc) is 3.47. The number of hydrogen-bond acceptors (Lipinski definition) is 7. The number of benzene rings is 1. The van der Waals surface area contributed by atoms with E-state index in [0.29, 0.717) is 62.4 Å². The first-order valence-electron chi connectivity index (χ1n) is 14.6. The molecule has 1 N–H and O–H groups in total. The van der Waals surface area contributed by atoms with Crippen LogP contribution in [0.5, 0.6) is 11.5 Å². The quantitative estimate of drug-likeness (QED) is 0.225. The van der Waals surface area contributed by atoms with Crippen LogP contribution >= 0.6 is 0 Å². The molecule has 1 aromatic carbocycles. The van der Waals surface area contributed by atoms with Gasteiger partial charge in [0.15, 0.2) is 11.5 Å². The Balaban J connectivity index is 1.52. The fourth-order valence-electron chi connectivity index (χ4n) is 5.70. The number of carboxylic acids is 1. The minimum Gasteiger partial charge on any atom is -0.481 e. The van der Waals surface area contributed by atoms with Gasteiger partial charge in [-0.1, -0.05) is 26.3 Å². The molecule has 3 aromatic rings. The third kappa shape index (κ3) is 8.02. The van der Waals surface area contributed by atoms with Gasteiger partial charge in [-0.25, -0.2) is 9.97 Å². The molecule has 1 aliphatic rings. The summed E-state index contributed by atoms with van der Waals surface area (Å²) in [5.74, 6) is 0.161. The molecule has 2 aromatic heterocycles. The van der Waals surface area contributed by atoms with Crippen molar-refractivity contribution in [2.45, 2.75) is 71.1 Å². The van der Waals surface area contributed by atoms with Crippen molar-refractivity contribution in [3.05, 3.63) is 72.6 Å². The van der Waals surface area contributed by atoms with Crippen molar-refractivity contribution in [1.29, 1.82) is 0 Å². The molecule has 0 radical (unpaired) electrons. The SMILES string of the molecule is CCCCN(C(=O)CCC[C@@H](CCc1ncccn1)[C@H](C(=O)O)[C@H](CC)c1ccc2c(c1)OCO2)c1cccnc1. The van der Waals surface area contributed by atoms with Gasteiger partial charge in [0.05, 0.1) is 17.8 Å². The molecule has 0 saturated carbocycles. The Morgan fingerprint density at radius 3 is 2.51 bits per heavy atom. The van der Waals surface area contributed by atoms with Crippen molar-refractivity contribution in [3.8, 4) is 11.5 Å². The zero-order valence-corrected chi connectivity index (χ0v) is 23.9. The zero-order valence-electron chi connectivity index (χ0n) is 23.9. The van der Waals surface area contributed by atoms with Gasteiger partial charge in [0.25, 0.3) is 0 Å². The Morgan fingerprint density at radius 2 is 1.80 bits per heavy atom. The van der Waals surface area contributed by atoms with Crippen LogP contribution in [-0.4, -0.2) is 45.3 Å². The van der Waals surface area contributed by atoms with Crippen molar-refractivity contribution in [3.63, 3.8) is 0 Å². The number of unbranched alkanes of at least 4 members (excludes halogenated alkanes) is 1. The van der Waals surface area contributed by atoms with E-state index >= 15 is 0 Å². The van der Waals surface area contributed by atoms with Gasteiger partial charge in [0.2, 0.25) is 12.7 Å². The number of amides is 1. The van der Waals surface area contributed by atoms with Crippen molar-refractivity contribution >= 4 is 17.6 Å². The second-order valence-corrected chi connectivity index (χ2v) is 10.5. The second kappa shape index (κ2) is 15.1. The lowest BCUT2D eigenvalue weighted by atomic mass is 9.73. The molecule has 0 aliphatic carbocycles. The van der Waals surface area contributed by atoms with E-state index < -0.39 is 11.9 Å². The topological polar surface area (TPSA) is 115 Å². The molecule has 1 amide bonds. The molecule has 0 fully saturated rings. The fraction of sp³-hybridized carbons (Fsp3) is 0.469. The summed E-state index contributed by atoms with van der Waals surface area (Å²) in [5, 5.41) is 10.6. The number of carbonyl (C=O) groups is 2. The van der Waals surface area contributed by atoms with Crippen LogP contribution in [-0.2, 0) is 16.0 Å². The van der Waals surface area contributed by atoms with E-state index in [1.165, 1.54) is 0 Å². The summed E-state index contributed by atoms with van der Waals surface area (Å²) < 4.78 is 11.1. The van der Waals surface area contributed by atoms with Gasteiger partial charge >= 0.3 is 5.97 Å². The lowest BCUT2D eigenvalue weighted by Gasteiger charge is -2.31. The van der Waals surface area contributed by atoms with Crippen molar-refractivity contribution in [2.75, 3.05) is 18.2 Å². The molecule has 3 heterocycles. The van der Waals surface area contributed by atoms with Crippen LogP contribution in [0.1, 0.15) is 76.1 Å². The van der Waals surface area contributed by atoms with E-state index in [9.17, 15) is 14.7 Å². The molecule has 4 rings (SSSR count). The molecule has 3 atom stereocenters. The highest BCUT2D eigenvalue weighted by molar-refractivity contribution is 5.93. The molecule has 218 valence electrons. The van der Waals surface area contributed by atoms with Gasteiger partial charge < -0.3 is 19.5 Å². The second-order valence-electron chi connectivity index (χ2n) is 10.5. The average molecular weight is 561 g/mol. The van der Waals surface area contributed by atoms with E-state index in [1.807, 2.05) is 37.3 Å². The fourth-order valence-corrected chi connectivity index (χ4v) is 5.70. The van der Waals surface area contributed by atoms with E-state index in [0.717, 1.165) is 24.1 Å². The number of nitrogens with zero attached hydrogens (tertiary/aromatic N) is 4. The highest BCUT2D eigenvalue weighted by Crippen LogP contribution is 2.41. The standard InChI is InChI=1S/C32H40N4O5/c1-3-5-19-36(25-10-7-16-33-21-25)30(37)11-6-9-23(13-15-29-34-17-8-18-35-29)31(32(38)39)26(4-2)24-12-14-27-28(20-24)41-22-40-27/h7-8,10,12,14,16-18,20-21,23,26,31H,3-6,9,11,13,15,19,22H2,1-2H3,(H,38,39)/t23-,26+,31-/m0/s1. The number of rotatable bonds is 16. The Bertz CT molecular complexity index is 1260. The number of pyridine rings is 1. The number of carbonyl (C=O) groups excluding carboxylic acids is 1. The third-order valence-corrected chi connectivity index (χ3v) is 7.81. The van der Waals surface area contributed by atoms with Crippen LogP contribution in [0.2, 0.25) is 0 Å². The smallest absolute Gasteiger partial charge is 0.307 e. The molecule has 0 bridgehead atoms. The van der Waals surface area contributed by atoms with E-state index in [1.54, 1.807) is 35.8 Å². The van der Waals surface area contributed by atoms with E-state index in [-0.39, 0.29) is 24.5 Å². The maximum Gasteiger partial charge on any atom is 0.307 e. The highest BCUT2D eigenvalue weighted by Gasteiger charge is 2.36. The van der Waals surface area contributed by atoms with Crippen LogP contribution in [0.25, 0.3) is 0 Å². The number of anilines is 1. The molecule has 0 spiro atoms. The maximum absolute atomic E-state index is 13.4. The first-order chi connectivity index (χ1) is 20.0. The molecule has 9 heteroatoms. The number of aryl methyl sites for hydroxylation is 1. The summed E-state index contributed by atoms with van der Waals surface area (Å²) in [7, 11) is 0. The van der Waals surface area contributed by atoms with Crippen molar-refractivity contribution in [2.24, 2.45) is 11.8 Å². The summed E-state index contributed by atoms with van der Waals surface area (Å²) in [6.07, 6.45) is 12.1. The first-order valence-corrected chi connectivity index (χ1v) is 14.6. The van der Waals surface area contributed by atoms with E-state index in [4.69, 9.17) is 9.47 Å². The highest BCUT2D eigenvalue weighted by atomic mass is 16.7. The molecule has 9 nitrogen and oxygen atoms in total. The van der Waals surface area contributed by atoms with Gasteiger partial charge in [0, 0.05) is 38.0 Å². The molecular weight excluding hydrogens is 520 g/mol. The Kier molecular flexibility index (Phi) is 11.0. The molecule has 0 unspecified atom stereocenters. The minimum atomic E-state index is -0.834. The summed E-state index contributed by atoms with van der Waals surface area (Å²) in [5.41, 5.74) is 1.71. The number of aliphatic carboxylic acids is 1. The first kappa shape index (κ1) is 30.0. The molecular formula is C32H40N4O5. The predicted molar refractivity (Wildman–Crippen MR) is 156 cm³/mol. The van der Waals surface area contributed by atoms with Crippen molar-refractivity contribution in [1.82, 2.24) is 15.0 Å². The van der Waals surface area contributed by atoms with Crippen LogP contribution in [0.15, 0.2) is 61.2 Å². The number of ether oxygens (including phenoxy) is 2. The number of aromatic nitrogens is 3. The van der Waals surface area contributed by atoms with Gasteiger partial charge in [-0.15, -0.1) is 0 Å². The summed E-state index contributed by atoms with van der Waals surface area (Å²) >= 11 is 0. The van der Waals surface area contributed by atoms with Crippen LogP contribution in [0.4, 0.5) is 5.69 Å². The van der Waals surface area contributed by atoms with Crippen LogP contribution in [0, 0.1) is 11.8 Å². The van der Waals surface area contributed by atoms with Gasteiger partial charge in [-0.3, -0.25) is 14.6 Å². The Hall–Kier alpha value is -4.01. The van der Waals surface area contributed by atoms with Crippen LogP contribution in [0.3, 0.4) is 0 Å². The molecule has 0 saturated heterocycles. The normalized spacial score (nSPS) is 14.3. The summed E-state index contributed by atoms with van der Waals surface area (Å²) in [6.45, 7) is 4.92. The Labute approximate surface area is 242 Å². The maximum atomic E-state index is 13.4. The Morgan fingerprint density at radius 1 is 1.00 bits per heavy atom. The minimum absolute atomic E-state index is 0.0336. The predicted octanol–water partition coefficient (Wildman–Crippen LogP) is 6.05. The third-order valence-electron chi connectivity index (χ3n) is 7.81. The number of carboxylic acid groups (broad SMARTS) is 1. The number of fused-ring (bicyclic) bond motifs is 1. The number of hydrogen-bond donors (Lipinski definition) is 1. The zero-order chi connectivity index (χ0) is 29.0. The van der Waals surface area contributed by atoms with Gasteiger partial charge in [0.1, 0.15) is 5.82 Å². The molecule has 1 aliphatic heterocycles. The van der Waals surface area contributed by atoms with Gasteiger partial charge in [-0.05, 0) is 79.8 Å². The van der Waals surface area contributed by atoms with E-state index in [2.05, 4.69) is 21.9 Å².